The highest BCUT2D eigenvalue weighted by atomic mass is 35.5. The normalized spacial score (nSPS) is 23.5. The molecule has 0 N–H and O–H groups in total. The van der Waals surface area contributed by atoms with Gasteiger partial charge in [0.1, 0.15) is 0 Å². The summed E-state index contributed by atoms with van der Waals surface area (Å²) in [5.74, 6) is 1.55. The SMILES string of the molecule is CC1CCCN(c2nsc(Cl)n2)C1. The number of piperidine rings is 1. The zero-order valence-corrected chi connectivity index (χ0v) is 9.11. The third-order valence-electron chi connectivity index (χ3n) is 2.33. The molecule has 13 heavy (non-hydrogen) atoms. The minimum Gasteiger partial charge on any atom is -0.340 e. The summed E-state index contributed by atoms with van der Waals surface area (Å²) in [5.41, 5.74) is 0. The van der Waals surface area contributed by atoms with Crippen LogP contribution >= 0.6 is 23.1 Å². The molecule has 1 aromatic rings. The third-order valence-corrected chi connectivity index (χ3v) is 3.12. The number of hydrogen-bond acceptors (Lipinski definition) is 4. The maximum Gasteiger partial charge on any atom is 0.238 e. The summed E-state index contributed by atoms with van der Waals surface area (Å²) in [4.78, 5) is 6.39. The van der Waals surface area contributed by atoms with Crippen LogP contribution in [0.2, 0.25) is 4.47 Å². The van der Waals surface area contributed by atoms with E-state index in [0.717, 1.165) is 25.0 Å². The molecule has 0 amide bonds. The van der Waals surface area contributed by atoms with Crippen molar-refractivity contribution in [3.8, 4) is 0 Å². The van der Waals surface area contributed by atoms with Gasteiger partial charge in [-0.05, 0) is 30.4 Å². The van der Waals surface area contributed by atoms with E-state index in [-0.39, 0.29) is 0 Å². The lowest BCUT2D eigenvalue weighted by atomic mass is 10.0. The van der Waals surface area contributed by atoms with Gasteiger partial charge in [-0.3, -0.25) is 0 Å². The van der Waals surface area contributed by atoms with Gasteiger partial charge in [0.05, 0.1) is 0 Å². The second-order valence-corrected chi connectivity index (χ2v) is 4.87. The summed E-state index contributed by atoms with van der Waals surface area (Å²) < 4.78 is 4.73. The van der Waals surface area contributed by atoms with Gasteiger partial charge in [0.2, 0.25) is 10.4 Å². The van der Waals surface area contributed by atoms with Gasteiger partial charge in [-0.2, -0.15) is 9.36 Å². The number of anilines is 1. The topological polar surface area (TPSA) is 29.0 Å². The first-order chi connectivity index (χ1) is 6.25. The molecular weight excluding hydrogens is 206 g/mol. The van der Waals surface area contributed by atoms with E-state index in [9.17, 15) is 0 Å². The monoisotopic (exact) mass is 217 g/mol. The van der Waals surface area contributed by atoms with Gasteiger partial charge in [-0.1, -0.05) is 6.92 Å². The molecule has 1 fully saturated rings. The van der Waals surface area contributed by atoms with Gasteiger partial charge in [0.25, 0.3) is 0 Å². The van der Waals surface area contributed by atoms with Crippen molar-refractivity contribution in [3.63, 3.8) is 0 Å². The average molecular weight is 218 g/mol. The molecule has 1 atom stereocenters. The van der Waals surface area contributed by atoms with Gasteiger partial charge in [0.15, 0.2) is 0 Å². The lowest BCUT2D eigenvalue weighted by molar-refractivity contribution is 0.443. The van der Waals surface area contributed by atoms with Gasteiger partial charge in [0, 0.05) is 24.6 Å². The summed E-state index contributed by atoms with van der Waals surface area (Å²) in [6.45, 7) is 4.39. The Hall–Kier alpha value is -0.350. The fraction of sp³-hybridized carbons (Fsp3) is 0.750. The molecule has 2 heterocycles. The summed E-state index contributed by atoms with van der Waals surface area (Å²) in [6, 6.07) is 0. The first-order valence-corrected chi connectivity index (χ1v) is 5.65. The highest BCUT2D eigenvalue weighted by molar-refractivity contribution is 7.10. The van der Waals surface area contributed by atoms with Gasteiger partial charge >= 0.3 is 0 Å². The van der Waals surface area contributed by atoms with E-state index in [1.807, 2.05) is 0 Å². The van der Waals surface area contributed by atoms with Crippen molar-refractivity contribution in [2.24, 2.45) is 5.92 Å². The fourth-order valence-electron chi connectivity index (χ4n) is 1.70. The Bertz CT molecular complexity index is 289. The predicted molar refractivity (Wildman–Crippen MR) is 55.5 cm³/mol. The standard InChI is InChI=1S/C8H12ClN3S/c1-6-3-2-4-12(5-6)8-10-7(9)13-11-8/h6H,2-5H2,1H3. The van der Waals surface area contributed by atoms with E-state index >= 15 is 0 Å². The Morgan fingerprint density at radius 2 is 2.46 bits per heavy atom. The molecule has 1 saturated heterocycles. The Balaban J connectivity index is 2.08. The van der Waals surface area contributed by atoms with Gasteiger partial charge in [-0.15, -0.1) is 0 Å². The van der Waals surface area contributed by atoms with E-state index < -0.39 is 0 Å². The van der Waals surface area contributed by atoms with E-state index in [0.29, 0.717) is 4.47 Å². The van der Waals surface area contributed by atoms with Crippen LogP contribution in [0.3, 0.4) is 0 Å². The first-order valence-electron chi connectivity index (χ1n) is 4.50. The number of halogens is 1. The van der Waals surface area contributed by atoms with E-state index in [4.69, 9.17) is 11.6 Å². The van der Waals surface area contributed by atoms with Crippen LogP contribution in [0.15, 0.2) is 0 Å². The van der Waals surface area contributed by atoms with Crippen LogP contribution in [0.25, 0.3) is 0 Å². The quantitative estimate of drug-likeness (QED) is 0.724. The Morgan fingerprint density at radius 1 is 1.62 bits per heavy atom. The highest BCUT2D eigenvalue weighted by Gasteiger charge is 2.19. The van der Waals surface area contributed by atoms with Crippen molar-refractivity contribution in [2.75, 3.05) is 18.0 Å². The van der Waals surface area contributed by atoms with Crippen LogP contribution in [-0.4, -0.2) is 22.4 Å². The fourth-order valence-corrected chi connectivity index (χ4v) is 2.31. The van der Waals surface area contributed by atoms with E-state index in [2.05, 4.69) is 21.2 Å². The van der Waals surface area contributed by atoms with Crippen molar-refractivity contribution in [2.45, 2.75) is 19.8 Å². The molecule has 5 heteroatoms. The Labute approximate surface area is 86.9 Å². The minimum atomic E-state index is 0.535. The second kappa shape index (κ2) is 3.80. The number of hydrogen-bond donors (Lipinski definition) is 0. The molecule has 1 unspecified atom stereocenters. The van der Waals surface area contributed by atoms with Crippen molar-refractivity contribution >= 4 is 29.1 Å². The summed E-state index contributed by atoms with van der Waals surface area (Å²) in [7, 11) is 0. The summed E-state index contributed by atoms with van der Waals surface area (Å²) >= 11 is 7.00. The van der Waals surface area contributed by atoms with E-state index in [1.54, 1.807) is 0 Å². The number of aromatic nitrogens is 2. The van der Waals surface area contributed by atoms with Gasteiger partial charge in [-0.25, -0.2) is 0 Å². The lowest BCUT2D eigenvalue weighted by Crippen LogP contribution is -2.34. The summed E-state index contributed by atoms with van der Waals surface area (Å²) in [5, 5.41) is 0. The van der Waals surface area contributed by atoms with Crippen molar-refractivity contribution in [1.82, 2.24) is 9.36 Å². The van der Waals surface area contributed by atoms with Crippen molar-refractivity contribution < 1.29 is 0 Å². The second-order valence-electron chi connectivity index (χ2n) is 3.54. The molecule has 1 aliphatic rings. The van der Waals surface area contributed by atoms with Crippen LogP contribution < -0.4 is 4.90 Å². The van der Waals surface area contributed by atoms with Crippen LogP contribution in [0.4, 0.5) is 5.95 Å². The van der Waals surface area contributed by atoms with Crippen LogP contribution in [0.5, 0.6) is 0 Å². The molecule has 0 saturated carbocycles. The van der Waals surface area contributed by atoms with E-state index in [1.165, 1.54) is 24.4 Å². The van der Waals surface area contributed by atoms with Gasteiger partial charge < -0.3 is 4.90 Å². The zero-order chi connectivity index (χ0) is 9.26. The third kappa shape index (κ3) is 2.11. The van der Waals surface area contributed by atoms with Crippen LogP contribution in [-0.2, 0) is 0 Å². The molecule has 0 aliphatic carbocycles. The lowest BCUT2D eigenvalue weighted by Gasteiger charge is -2.29. The molecule has 1 aromatic heterocycles. The molecule has 0 radical (unpaired) electrons. The maximum atomic E-state index is 5.73. The molecular formula is C8H12ClN3S. The first kappa shape index (κ1) is 9.21. The average Bonchev–Trinajstić information content (AvgIpc) is 2.52. The smallest absolute Gasteiger partial charge is 0.238 e. The van der Waals surface area contributed by atoms with Crippen molar-refractivity contribution in [1.29, 1.82) is 0 Å². The molecule has 3 nitrogen and oxygen atoms in total. The summed E-state index contributed by atoms with van der Waals surface area (Å²) in [6.07, 6.45) is 2.55. The zero-order valence-electron chi connectivity index (χ0n) is 7.53. The van der Waals surface area contributed by atoms with Crippen LogP contribution in [0, 0.1) is 5.92 Å². The minimum absolute atomic E-state index is 0.535. The molecule has 2 rings (SSSR count). The number of rotatable bonds is 1. The largest absolute Gasteiger partial charge is 0.340 e. The number of nitrogens with zero attached hydrogens (tertiary/aromatic N) is 3. The molecule has 72 valence electrons. The molecule has 0 bridgehead atoms. The molecule has 1 aliphatic heterocycles. The molecule has 0 aromatic carbocycles. The van der Waals surface area contributed by atoms with Crippen molar-refractivity contribution in [3.05, 3.63) is 4.47 Å². The predicted octanol–water partition coefficient (Wildman–Crippen LogP) is 2.43. The van der Waals surface area contributed by atoms with Crippen LogP contribution in [0.1, 0.15) is 19.8 Å². The Kier molecular flexibility index (Phi) is 2.69. The maximum absolute atomic E-state index is 5.73. The highest BCUT2D eigenvalue weighted by Crippen LogP contribution is 2.23. The Morgan fingerprint density at radius 3 is 3.08 bits per heavy atom. The molecule has 0 spiro atoms.